The standard InChI is InChI=1S/C18H12Cl2F3NO3/c1-9-4-10(2-3-14(9)17(25)26)16(24-27)8-15(18(21,22)23)11-5-12(19)7-13(20)6-11/h2-8,27H,1H3,(H,25,26). The van der Waals surface area contributed by atoms with Gasteiger partial charge in [-0.1, -0.05) is 34.4 Å². The molecule has 0 aromatic heterocycles. The van der Waals surface area contributed by atoms with E-state index in [0.717, 1.165) is 12.1 Å². The van der Waals surface area contributed by atoms with Crippen LogP contribution in [0.3, 0.4) is 0 Å². The van der Waals surface area contributed by atoms with E-state index < -0.39 is 23.4 Å². The number of allylic oxidation sites excluding steroid dienone is 2. The van der Waals surface area contributed by atoms with E-state index >= 15 is 0 Å². The highest BCUT2D eigenvalue weighted by Crippen LogP contribution is 2.36. The summed E-state index contributed by atoms with van der Waals surface area (Å²) >= 11 is 11.6. The number of benzene rings is 2. The molecule has 0 fully saturated rings. The van der Waals surface area contributed by atoms with Gasteiger partial charge in [0.15, 0.2) is 0 Å². The molecule has 2 aromatic rings. The molecule has 2 rings (SSSR count). The predicted octanol–water partition coefficient (Wildman–Crippen LogP) is 5.82. The number of carbonyl (C=O) groups is 1. The maximum atomic E-state index is 13.6. The number of alkyl halides is 3. The Morgan fingerprint density at radius 1 is 1.07 bits per heavy atom. The van der Waals surface area contributed by atoms with Crippen LogP contribution in [-0.2, 0) is 0 Å². The van der Waals surface area contributed by atoms with Crippen LogP contribution in [0.1, 0.15) is 27.0 Å². The van der Waals surface area contributed by atoms with Gasteiger partial charge in [-0.3, -0.25) is 0 Å². The number of carboxylic acid groups (broad SMARTS) is 1. The first-order valence-corrected chi connectivity index (χ1v) is 8.10. The van der Waals surface area contributed by atoms with E-state index in [2.05, 4.69) is 5.16 Å². The van der Waals surface area contributed by atoms with E-state index in [1.54, 1.807) is 0 Å². The van der Waals surface area contributed by atoms with Crippen molar-refractivity contribution in [2.45, 2.75) is 13.1 Å². The van der Waals surface area contributed by atoms with Gasteiger partial charge in [0.25, 0.3) is 0 Å². The average Bonchev–Trinajstić information content (AvgIpc) is 2.53. The lowest BCUT2D eigenvalue weighted by atomic mass is 9.98. The van der Waals surface area contributed by atoms with Crippen LogP contribution in [0.2, 0.25) is 10.0 Å². The third kappa shape index (κ3) is 5.02. The van der Waals surface area contributed by atoms with Crippen LogP contribution in [0, 0.1) is 6.92 Å². The summed E-state index contributed by atoms with van der Waals surface area (Å²) < 4.78 is 40.7. The van der Waals surface area contributed by atoms with Crippen molar-refractivity contribution in [1.29, 1.82) is 0 Å². The number of nitrogens with zero attached hydrogens (tertiary/aromatic N) is 1. The zero-order valence-corrected chi connectivity index (χ0v) is 15.2. The van der Waals surface area contributed by atoms with E-state index in [4.69, 9.17) is 28.3 Å². The molecule has 0 radical (unpaired) electrons. The highest BCUT2D eigenvalue weighted by atomic mass is 35.5. The number of rotatable bonds is 4. The summed E-state index contributed by atoms with van der Waals surface area (Å²) in [4.78, 5) is 11.1. The van der Waals surface area contributed by atoms with Crippen LogP contribution in [0.5, 0.6) is 0 Å². The minimum atomic E-state index is -4.79. The van der Waals surface area contributed by atoms with Crippen molar-refractivity contribution in [3.05, 3.63) is 74.8 Å². The molecule has 0 saturated heterocycles. The largest absolute Gasteiger partial charge is 0.478 e. The number of hydrogen-bond acceptors (Lipinski definition) is 3. The topological polar surface area (TPSA) is 69.9 Å². The molecule has 0 spiro atoms. The number of aryl methyl sites for hydroxylation is 1. The maximum absolute atomic E-state index is 13.6. The SMILES string of the molecule is Cc1cc(C(C=C(c2cc(Cl)cc(Cl)c2)C(F)(F)F)=NO)ccc1C(=O)O. The van der Waals surface area contributed by atoms with Crippen molar-refractivity contribution in [3.8, 4) is 0 Å². The van der Waals surface area contributed by atoms with Gasteiger partial charge in [-0.25, -0.2) is 4.79 Å². The minimum Gasteiger partial charge on any atom is -0.478 e. The highest BCUT2D eigenvalue weighted by Gasteiger charge is 2.35. The molecule has 0 aliphatic carbocycles. The first-order chi connectivity index (χ1) is 12.5. The maximum Gasteiger partial charge on any atom is 0.417 e. The number of oxime groups is 1. The van der Waals surface area contributed by atoms with Crippen molar-refractivity contribution >= 4 is 40.5 Å². The molecule has 0 aliphatic heterocycles. The fraction of sp³-hybridized carbons (Fsp3) is 0.111. The molecule has 0 bridgehead atoms. The van der Waals surface area contributed by atoms with Crippen molar-refractivity contribution in [3.63, 3.8) is 0 Å². The Balaban J connectivity index is 2.61. The van der Waals surface area contributed by atoms with E-state index in [0.29, 0.717) is 11.6 Å². The number of halogens is 5. The molecule has 4 nitrogen and oxygen atoms in total. The Bertz CT molecular complexity index is 933. The summed E-state index contributed by atoms with van der Waals surface area (Å²) in [6.07, 6.45) is -4.16. The summed E-state index contributed by atoms with van der Waals surface area (Å²) in [5, 5.41) is 21.2. The summed E-state index contributed by atoms with van der Waals surface area (Å²) in [6.45, 7) is 1.48. The molecule has 0 unspecified atom stereocenters. The van der Waals surface area contributed by atoms with Crippen LogP contribution in [0.25, 0.3) is 5.57 Å². The lowest BCUT2D eigenvalue weighted by molar-refractivity contribution is -0.0688. The van der Waals surface area contributed by atoms with Crippen molar-refractivity contribution in [1.82, 2.24) is 0 Å². The fourth-order valence-electron chi connectivity index (χ4n) is 2.41. The molecule has 2 N–H and O–H groups in total. The van der Waals surface area contributed by atoms with E-state index in [9.17, 15) is 23.2 Å². The zero-order valence-electron chi connectivity index (χ0n) is 13.7. The van der Waals surface area contributed by atoms with Gasteiger partial charge in [0.1, 0.15) is 5.71 Å². The Kier molecular flexibility index (Phi) is 6.18. The van der Waals surface area contributed by atoms with Crippen LogP contribution >= 0.6 is 23.2 Å². The van der Waals surface area contributed by atoms with Gasteiger partial charge in [-0.05, 0) is 54.5 Å². The summed E-state index contributed by atoms with van der Waals surface area (Å²) in [5.41, 5.74) is -1.44. The van der Waals surface area contributed by atoms with Crippen LogP contribution < -0.4 is 0 Å². The Labute approximate surface area is 162 Å². The molecule has 27 heavy (non-hydrogen) atoms. The minimum absolute atomic E-state index is 0.0109. The second-order valence-corrected chi connectivity index (χ2v) is 6.41. The molecule has 142 valence electrons. The van der Waals surface area contributed by atoms with Crippen molar-refractivity contribution in [2.75, 3.05) is 0 Å². The summed E-state index contributed by atoms with van der Waals surface area (Å²) in [7, 11) is 0. The predicted molar refractivity (Wildman–Crippen MR) is 97.0 cm³/mol. The molecular weight excluding hydrogens is 406 g/mol. The smallest absolute Gasteiger partial charge is 0.417 e. The van der Waals surface area contributed by atoms with E-state index in [-0.39, 0.29) is 26.7 Å². The monoisotopic (exact) mass is 417 g/mol. The van der Waals surface area contributed by atoms with Gasteiger partial charge < -0.3 is 10.3 Å². The Hall–Kier alpha value is -2.51. The average molecular weight is 418 g/mol. The van der Waals surface area contributed by atoms with Gasteiger partial charge in [0.05, 0.1) is 11.1 Å². The van der Waals surface area contributed by atoms with Crippen molar-refractivity contribution < 1.29 is 28.3 Å². The molecule has 0 atom stereocenters. The van der Waals surface area contributed by atoms with Gasteiger partial charge in [0, 0.05) is 15.6 Å². The van der Waals surface area contributed by atoms with Gasteiger partial charge in [-0.2, -0.15) is 13.2 Å². The zero-order chi connectivity index (χ0) is 20.4. The fourth-order valence-corrected chi connectivity index (χ4v) is 2.93. The second-order valence-electron chi connectivity index (χ2n) is 5.53. The molecule has 0 heterocycles. The van der Waals surface area contributed by atoms with Crippen LogP contribution in [0.4, 0.5) is 13.2 Å². The van der Waals surface area contributed by atoms with Gasteiger partial charge in [-0.15, -0.1) is 0 Å². The highest BCUT2D eigenvalue weighted by molar-refractivity contribution is 6.35. The molecule has 0 saturated carbocycles. The number of hydrogen-bond donors (Lipinski definition) is 2. The molecule has 2 aromatic carbocycles. The van der Waals surface area contributed by atoms with Gasteiger partial charge >= 0.3 is 12.1 Å². The molecule has 0 amide bonds. The van der Waals surface area contributed by atoms with E-state index in [1.165, 1.54) is 31.2 Å². The number of aromatic carboxylic acids is 1. The normalized spacial score (nSPS) is 13.0. The number of carboxylic acids is 1. The lowest BCUT2D eigenvalue weighted by Crippen LogP contribution is -2.13. The first kappa shape index (κ1) is 20.8. The lowest BCUT2D eigenvalue weighted by Gasteiger charge is -2.14. The van der Waals surface area contributed by atoms with Gasteiger partial charge in [0.2, 0.25) is 0 Å². The summed E-state index contributed by atoms with van der Waals surface area (Å²) in [6, 6.07) is 7.24. The third-order valence-electron chi connectivity index (χ3n) is 3.62. The van der Waals surface area contributed by atoms with Crippen LogP contribution in [-0.4, -0.2) is 28.2 Å². The third-order valence-corrected chi connectivity index (χ3v) is 4.06. The Morgan fingerprint density at radius 3 is 2.11 bits per heavy atom. The van der Waals surface area contributed by atoms with E-state index in [1.807, 2.05) is 0 Å². The molecule has 9 heteroatoms. The van der Waals surface area contributed by atoms with Crippen LogP contribution in [0.15, 0.2) is 47.6 Å². The van der Waals surface area contributed by atoms with Crippen molar-refractivity contribution in [2.24, 2.45) is 5.16 Å². The molecule has 0 aliphatic rings. The quantitative estimate of drug-likeness (QED) is 0.373. The molecular formula is C18H12Cl2F3NO3. The second kappa shape index (κ2) is 8.02. The summed E-state index contributed by atoms with van der Waals surface area (Å²) in [5.74, 6) is -1.18. The Morgan fingerprint density at radius 2 is 1.67 bits per heavy atom. The first-order valence-electron chi connectivity index (χ1n) is 7.34.